The van der Waals surface area contributed by atoms with Gasteiger partial charge in [0.25, 0.3) is 0 Å². The molecular weight excluding hydrogens is 276 g/mol. The Labute approximate surface area is 123 Å². The van der Waals surface area contributed by atoms with Gasteiger partial charge in [-0.15, -0.1) is 0 Å². The van der Waals surface area contributed by atoms with Crippen LogP contribution in [0.4, 0.5) is 5.69 Å². The van der Waals surface area contributed by atoms with E-state index in [4.69, 9.17) is 5.11 Å². The molecule has 1 atom stereocenters. The van der Waals surface area contributed by atoms with Crippen LogP contribution in [-0.4, -0.2) is 38.4 Å². The molecule has 8 nitrogen and oxygen atoms in total. The first-order valence-electron chi connectivity index (χ1n) is 6.95. The van der Waals surface area contributed by atoms with Crippen molar-refractivity contribution in [1.82, 2.24) is 15.1 Å². The summed E-state index contributed by atoms with van der Waals surface area (Å²) in [6.07, 6.45) is 1.57. The van der Waals surface area contributed by atoms with Crippen LogP contribution in [0.25, 0.3) is 0 Å². The number of aliphatic hydroxyl groups excluding tert-OH is 1. The van der Waals surface area contributed by atoms with Crippen molar-refractivity contribution in [3.8, 4) is 0 Å². The molecule has 0 radical (unpaired) electrons. The zero-order valence-electron chi connectivity index (χ0n) is 12.6. The SMILES string of the molecule is Cc1nn(CCC(=O)NC(C)CCCO)c(C)c1[N+](=O)[O-]. The number of aryl methyl sites for hydroxylation is 2. The zero-order valence-corrected chi connectivity index (χ0v) is 12.6. The molecule has 1 heterocycles. The van der Waals surface area contributed by atoms with Crippen molar-refractivity contribution in [2.75, 3.05) is 6.61 Å². The van der Waals surface area contributed by atoms with Crippen LogP contribution in [-0.2, 0) is 11.3 Å². The van der Waals surface area contributed by atoms with E-state index in [2.05, 4.69) is 10.4 Å². The minimum atomic E-state index is -0.453. The maximum absolute atomic E-state index is 11.8. The summed E-state index contributed by atoms with van der Waals surface area (Å²) < 4.78 is 1.49. The van der Waals surface area contributed by atoms with Crippen LogP contribution in [0.5, 0.6) is 0 Å². The van der Waals surface area contributed by atoms with Gasteiger partial charge in [-0.1, -0.05) is 0 Å². The van der Waals surface area contributed by atoms with Crippen LogP contribution in [0, 0.1) is 24.0 Å². The van der Waals surface area contributed by atoms with Crippen molar-refractivity contribution in [2.24, 2.45) is 0 Å². The quantitative estimate of drug-likeness (QED) is 0.551. The smallest absolute Gasteiger partial charge is 0.312 e. The second-order valence-corrected chi connectivity index (χ2v) is 5.08. The lowest BCUT2D eigenvalue weighted by Gasteiger charge is -2.13. The molecule has 1 unspecified atom stereocenters. The highest BCUT2D eigenvalue weighted by atomic mass is 16.6. The van der Waals surface area contributed by atoms with E-state index < -0.39 is 4.92 Å². The summed E-state index contributed by atoms with van der Waals surface area (Å²) in [7, 11) is 0. The molecule has 21 heavy (non-hydrogen) atoms. The third kappa shape index (κ3) is 4.82. The molecule has 0 fully saturated rings. The first-order valence-corrected chi connectivity index (χ1v) is 6.95. The van der Waals surface area contributed by atoms with Gasteiger partial charge in [0.2, 0.25) is 5.91 Å². The number of rotatable bonds is 8. The molecule has 0 spiro atoms. The van der Waals surface area contributed by atoms with Crippen molar-refractivity contribution in [3.05, 3.63) is 21.5 Å². The Balaban J connectivity index is 2.54. The molecule has 0 aliphatic carbocycles. The maximum Gasteiger partial charge on any atom is 0.312 e. The summed E-state index contributed by atoms with van der Waals surface area (Å²) in [5.41, 5.74) is 0.819. The van der Waals surface area contributed by atoms with Gasteiger partial charge in [-0.25, -0.2) is 0 Å². The van der Waals surface area contributed by atoms with Gasteiger partial charge in [0.05, 0.1) is 11.5 Å². The number of carbonyl (C=O) groups is 1. The highest BCUT2D eigenvalue weighted by Gasteiger charge is 2.21. The number of amides is 1. The van der Waals surface area contributed by atoms with Crippen LogP contribution in [0.3, 0.4) is 0 Å². The number of hydrogen-bond donors (Lipinski definition) is 2. The lowest BCUT2D eigenvalue weighted by molar-refractivity contribution is -0.386. The van der Waals surface area contributed by atoms with E-state index in [0.29, 0.717) is 30.8 Å². The van der Waals surface area contributed by atoms with Gasteiger partial charge in [-0.2, -0.15) is 5.10 Å². The van der Waals surface area contributed by atoms with E-state index in [1.54, 1.807) is 13.8 Å². The molecule has 0 saturated heterocycles. The molecule has 0 aliphatic rings. The van der Waals surface area contributed by atoms with Gasteiger partial charge < -0.3 is 10.4 Å². The normalized spacial score (nSPS) is 12.2. The number of nitrogens with zero attached hydrogens (tertiary/aromatic N) is 3. The van der Waals surface area contributed by atoms with Crippen LogP contribution in [0.2, 0.25) is 0 Å². The van der Waals surface area contributed by atoms with Crippen molar-refractivity contribution in [3.63, 3.8) is 0 Å². The number of nitrogens with one attached hydrogen (secondary N) is 1. The molecule has 0 aliphatic heterocycles. The Bertz CT molecular complexity index is 513. The van der Waals surface area contributed by atoms with Gasteiger partial charge in [0, 0.05) is 19.1 Å². The lowest BCUT2D eigenvalue weighted by atomic mass is 10.2. The molecule has 8 heteroatoms. The van der Waals surface area contributed by atoms with Crippen molar-refractivity contribution < 1.29 is 14.8 Å². The largest absolute Gasteiger partial charge is 0.396 e. The highest BCUT2D eigenvalue weighted by Crippen LogP contribution is 2.21. The molecular formula is C13H22N4O4. The summed E-state index contributed by atoms with van der Waals surface area (Å²) in [5.74, 6) is -0.129. The number of hydrogen-bond acceptors (Lipinski definition) is 5. The Morgan fingerprint density at radius 1 is 1.52 bits per heavy atom. The zero-order chi connectivity index (χ0) is 16.0. The number of aromatic nitrogens is 2. The highest BCUT2D eigenvalue weighted by molar-refractivity contribution is 5.76. The fourth-order valence-electron chi connectivity index (χ4n) is 2.19. The predicted molar refractivity (Wildman–Crippen MR) is 76.9 cm³/mol. The Morgan fingerprint density at radius 3 is 2.71 bits per heavy atom. The van der Waals surface area contributed by atoms with E-state index in [1.807, 2.05) is 6.92 Å². The summed E-state index contributed by atoms with van der Waals surface area (Å²) in [6.45, 7) is 5.50. The van der Waals surface area contributed by atoms with Crippen LogP contribution < -0.4 is 5.32 Å². The molecule has 0 aromatic carbocycles. The Hall–Kier alpha value is -1.96. The van der Waals surface area contributed by atoms with Crippen molar-refractivity contribution in [2.45, 2.75) is 52.6 Å². The number of nitro groups is 1. The van der Waals surface area contributed by atoms with Gasteiger partial charge in [-0.3, -0.25) is 19.6 Å². The minimum absolute atomic E-state index is 0.000518. The van der Waals surface area contributed by atoms with E-state index in [0.717, 1.165) is 0 Å². The minimum Gasteiger partial charge on any atom is -0.396 e. The average molecular weight is 298 g/mol. The van der Waals surface area contributed by atoms with E-state index in [9.17, 15) is 14.9 Å². The van der Waals surface area contributed by atoms with Crippen LogP contribution in [0.1, 0.15) is 37.6 Å². The van der Waals surface area contributed by atoms with Crippen molar-refractivity contribution in [1.29, 1.82) is 0 Å². The summed E-state index contributed by atoms with van der Waals surface area (Å²) in [5, 5.41) is 26.5. The van der Waals surface area contributed by atoms with Crippen molar-refractivity contribution >= 4 is 11.6 Å². The number of aliphatic hydroxyl groups is 1. The molecule has 0 bridgehead atoms. The summed E-state index contributed by atoms with van der Waals surface area (Å²) in [4.78, 5) is 22.2. The van der Waals surface area contributed by atoms with E-state index >= 15 is 0 Å². The van der Waals surface area contributed by atoms with Crippen LogP contribution >= 0.6 is 0 Å². The molecule has 1 aromatic heterocycles. The van der Waals surface area contributed by atoms with Crippen LogP contribution in [0.15, 0.2) is 0 Å². The lowest BCUT2D eigenvalue weighted by Crippen LogP contribution is -2.33. The summed E-state index contributed by atoms with van der Waals surface area (Å²) in [6, 6.07) is -0.000518. The first kappa shape index (κ1) is 17.1. The number of carbonyl (C=O) groups excluding carboxylic acids is 1. The maximum atomic E-state index is 11.8. The van der Waals surface area contributed by atoms with E-state index in [-0.39, 0.29) is 30.7 Å². The van der Waals surface area contributed by atoms with Gasteiger partial charge in [-0.05, 0) is 33.6 Å². The first-order chi connectivity index (χ1) is 9.86. The second-order valence-electron chi connectivity index (χ2n) is 5.08. The average Bonchev–Trinajstić information content (AvgIpc) is 2.68. The fraction of sp³-hybridized carbons (Fsp3) is 0.692. The third-order valence-electron chi connectivity index (χ3n) is 3.28. The van der Waals surface area contributed by atoms with Gasteiger partial charge >= 0.3 is 5.69 Å². The molecule has 1 rings (SSSR count). The van der Waals surface area contributed by atoms with Gasteiger partial charge in [0.1, 0.15) is 11.4 Å². The summed E-state index contributed by atoms with van der Waals surface area (Å²) >= 11 is 0. The molecule has 1 aromatic rings. The van der Waals surface area contributed by atoms with E-state index in [1.165, 1.54) is 4.68 Å². The monoisotopic (exact) mass is 298 g/mol. The standard InChI is InChI=1S/C13H22N4O4/c1-9(5-4-8-18)14-12(19)6-7-16-11(3)13(17(20)21)10(2)15-16/h9,18H,4-8H2,1-3H3,(H,14,19). The molecule has 2 N–H and O–H groups in total. The third-order valence-corrected chi connectivity index (χ3v) is 3.28. The fourth-order valence-corrected chi connectivity index (χ4v) is 2.19. The predicted octanol–water partition coefficient (Wildman–Crippen LogP) is 1.08. The Morgan fingerprint density at radius 2 is 2.19 bits per heavy atom. The topological polar surface area (TPSA) is 110 Å². The second kappa shape index (κ2) is 7.72. The molecule has 0 saturated carbocycles. The van der Waals surface area contributed by atoms with Gasteiger partial charge in [0.15, 0.2) is 0 Å². The molecule has 1 amide bonds. The molecule has 118 valence electrons. The Kier molecular flexibility index (Phi) is 6.29.